The van der Waals surface area contributed by atoms with E-state index >= 15 is 0 Å². The summed E-state index contributed by atoms with van der Waals surface area (Å²) >= 11 is 1.81. The fraction of sp³-hybridized carbons (Fsp3) is 0.0698. The van der Waals surface area contributed by atoms with Gasteiger partial charge in [0, 0.05) is 53.6 Å². The zero-order chi connectivity index (χ0) is 31.5. The summed E-state index contributed by atoms with van der Waals surface area (Å²) in [5.74, 6) is 0.854. The van der Waals surface area contributed by atoms with E-state index in [1.807, 2.05) is 18.2 Å². The standard InChI is InChI=1S/C43H32N2OS/c1-3-12-27(4-2)35-26-38-41(40-34-16-9-11-18-39(34)47-42(35)40)44-43(46-38)29-21-19-28(20-22-29)30-23-24-33-32-15-8-10-17-36(32)45(37(33)25-30)31-13-6-5-7-14-31/h3-9,11-16,18-26,43-44H,1-2,10,17H2/b27-12+. The number of thiophene rings is 1. The Morgan fingerprint density at radius 1 is 0.872 bits per heavy atom. The Hall–Kier alpha value is -5.58. The Morgan fingerprint density at radius 2 is 1.68 bits per heavy atom. The molecule has 0 radical (unpaired) electrons. The highest BCUT2D eigenvalue weighted by Crippen LogP contribution is 2.51. The van der Waals surface area contributed by atoms with Crippen molar-refractivity contribution < 1.29 is 4.74 Å². The van der Waals surface area contributed by atoms with Gasteiger partial charge in [-0.3, -0.25) is 0 Å². The minimum absolute atomic E-state index is 0.289. The van der Waals surface area contributed by atoms with Crippen molar-refractivity contribution in [2.45, 2.75) is 19.1 Å². The number of hydrogen-bond acceptors (Lipinski definition) is 3. The van der Waals surface area contributed by atoms with Crippen molar-refractivity contribution in [1.29, 1.82) is 0 Å². The molecule has 1 aliphatic heterocycles. The van der Waals surface area contributed by atoms with Crippen molar-refractivity contribution >= 4 is 59.7 Å². The number of fused-ring (bicyclic) bond motifs is 8. The van der Waals surface area contributed by atoms with E-state index in [9.17, 15) is 0 Å². The summed E-state index contributed by atoms with van der Waals surface area (Å²) in [6.45, 7) is 8.02. The lowest BCUT2D eigenvalue weighted by Crippen LogP contribution is -2.09. The number of nitrogens with zero attached hydrogens (tertiary/aromatic N) is 1. The van der Waals surface area contributed by atoms with E-state index in [-0.39, 0.29) is 6.23 Å². The first-order valence-corrected chi connectivity index (χ1v) is 16.9. The van der Waals surface area contributed by atoms with Crippen molar-refractivity contribution in [2.75, 3.05) is 5.32 Å². The molecule has 1 unspecified atom stereocenters. The summed E-state index contributed by atoms with van der Waals surface area (Å²) < 4.78 is 11.6. The molecule has 1 atom stereocenters. The summed E-state index contributed by atoms with van der Waals surface area (Å²) in [4.78, 5) is 0. The number of aromatic nitrogens is 1. The van der Waals surface area contributed by atoms with Crippen LogP contribution >= 0.6 is 11.3 Å². The van der Waals surface area contributed by atoms with Crippen LogP contribution in [0.4, 0.5) is 5.69 Å². The Kier molecular flexibility index (Phi) is 6.51. The van der Waals surface area contributed by atoms with Crippen LogP contribution in [0, 0.1) is 0 Å². The summed E-state index contributed by atoms with van der Waals surface area (Å²) in [5, 5.41) is 7.46. The molecule has 0 amide bonds. The first kappa shape index (κ1) is 27.7. The average Bonchev–Trinajstić information content (AvgIpc) is 3.82. The molecule has 3 nitrogen and oxygen atoms in total. The van der Waals surface area contributed by atoms with Gasteiger partial charge in [-0.2, -0.15) is 0 Å². The van der Waals surface area contributed by atoms with Gasteiger partial charge in [-0.05, 0) is 59.9 Å². The SMILES string of the molecule is C=C/C=C(\C=C)c1cc2c(c3c1sc1ccccc13)NC(c1ccc(-c3ccc4c5c(n(-c6ccccc6)c4c3)CCC=C5)cc1)O2. The predicted molar refractivity (Wildman–Crippen MR) is 201 cm³/mol. The quantitative estimate of drug-likeness (QED) is 0.186. The lowest BCUT2D eigenvalue weighted by Gasteiger charge is -2.14. The molecule has 2 aliphatic rings. The molecule has 1 aliphatic carbocycles. The smallest absolute Gasteiger partial charge is 0.196 e. The number of hydrogen-bond donors (Lipinski definition) is 1. The first-order chi connectivity index (χ1) is 23.2. The molecule has 7 aromatic rings. The van der Waals surface area contributed by atoms with E-state index in [4.69, 9.17) is 4.74 Å². The molecular formula is C43H32N2OS. The highest BCUT2D eigenvalue weighted by atomic mass is 32.1. The minimum atomic E-state index is -0.289. The molecule has 0 saturated carbocycles. The van der Waals surface area contributed by atoms with E-state index in [2.05, 4.69) is 138 Å². The topological polar surface area (TPSA) is 26.2 Å². The lowest BCUT2D eigenvalue weighted by atomic mass is 9.99. The van der Waals surface area contributed by atoms with Gasteiger partial charge in [0.15, 0.2) is 6.23 Å². The van der Waals surface area contributed by atoms with Crippen LogP contribution in [0.1, 0.15) is 35.0 Å². The van der Waals surface area contributed by atoms with E-state index in [1.165, 1.54) is 59.1 Å². The fourth-order valence-electron chi connectivity index (χ4n) is 7.28. The fourth-order valence-corrected chi connectivity index (χ4v) is 8.53. The summed E-state index contributed by atoms with van der Waals surface area (Å²) in [5.41, 5.74) is 11.8. The van der Waals surface area contributed by atoms with Gasteiger partial charge in [0.25, 0.3) is 0 Å². The predicted octanol–water partition coefficient (Wildman–Crippen LogP) is 11.9. The van der Waals surface area contributed by atoms with Gasteiger partial charge in [0.2, 0.25) is 0 Å². The van der Waals surface area contributed by atoms with Crippen molar-refractivity contribution in [3.05, 3.63) is 163 Å². The van der Waals surface area contributed by atoms with Crippen molar-refractivity contribution in [3.63, 3.8) is 0 Å². The van der Waals surface area contributed by atoms with Gasteiger partial charge in [0.05, 0.1) is 11.2 Å². The Bertz CT molecular complexity index is 2440. The maximum absolute atomic E-state index is 6.64. The van der Waals surface area contributed by atoms with Crippen LogP contribution in [0.5, 0.6) is 5.75 Å². The molecule has 4 heteroatoms. The molecule has 0 spiro atoms. The van der Waals surface area contributed by atoms with Gasteiger partial charge in [-0.25, -0.2) is 0 Å². The summed E-state index contributed by atoms with van der Waals surface area (Å²) in [6, 6.07) is 37.2. The van der Waals surface area contributed by atoms with Crippen LogP contribution in [0.3, 0.4) is 0 Å². The second kappa shape index (κ2) is 11.0. The molecule has 3 heterocycles. The third kappa shape index (κ3) is 4.40. The van der Waals surface area contributed by atoms with Crippen LogP contribution in [-0.4, -0.2) is 4.57 Å². The number of para-hydroxylation sites is 1. The Balaban J connectivity index is 1.09. The third-order valence-corrected chi connectivity index (χ3v) is 10.7. The van der Waals surface area contributed by atoms with Crippen LogP contribution in [0.15, 0.2) is 141 Å². The maximum atomic E-state index is 6.64. The number of allylic oxidation sites excluding steroid dienone is 5. The summed E-state index contributed by atoms with van der Waals surface area (Å²) in [7, 11) is 0. The summed E-state index contributed by atoms with van der Waals surface area (Å²) in [6.07, 6.45) is 12.1. The molecule has 5 aromatic carbocycles. The number of rotatable bonds is 6. The van der Waals surface area contributed by atoms with Crippen LogP contribution in [0.2, 0.25) is 0 Å². The highest BCUT2D eigenvalue weighted by molar-refractivity contribution is 7.26. The first-order valence-electron chi connectivity index (χ1n) is 16.1. The normalized spacial score (nSPS) is 15.4. The largest absolute Gasteiger partial charge is 0.464 e. The minimum Gasteiger partial charge on any atom is -0.464 e. The zero-order valence-electron chi connectivity index (χ0n) is 25.9. The van der Waals surface area contributed by atoms with Gasteiger partial charge in [-0.15, -0.1) is 11.3 Å². The molecule has 9 rings (SSSR count). The van der Waals surface area contributed by atoms with Crippen molar-refractivity contribution in [2.24, 2.45) is 0 Å². The maximum Gasteiger partial charge on any atom is 0.196 e. The van der Waals surface area contributed by atoms with E-state index < -0.39 is 0 Å². The molecule has 1 N–H and O–H groups in total. The molecule has 47 heavy (non-hydrogen) atoms. The van der Waals surface area contributed by atoms with Gasteiger partial charge >= 0.3 is 0 Å². The second-order valence-electron chi connectivity index (χ2n) is 12.1. The molecular weight excluding hydrogens is 593 g/mol. The average molecular weight is 625 g/mol. The van der Waals surface area contributed by atoms with E-state index in [0.717, 1.165) is 41.0 Å². The van der Waals surface area contributed by atoms with Crippen molar-refractivity contribution in [1.82, 2.24) is 4.57 Å². The third-order valence-electron chi connectivity index (χ3n) is 9.46. The highest BCUT2D eigenvalue weighted by Gasteiger charge is 2.29. The second-order valence-corrected chi connectivity index (χ2v) is 13.2. The van der Waals surface area contributed by atoms with Gasteiger partial charge in [0.1, 0.15) is 5.75 Å². The van der Waals surface area contributed by atoms with Crippen LogP contribution in [0.25, 0.3) is 59.5 Å². The van der Waals surface area contributed by atoms with Gasteiger partial charge in [-0.1, -0.05) is 116 Å². The number of ether oxygens (including phenoxy) is 1. The number of anilines is 1. The Labute approximate surface area is 278 Å². The monoisotopic (exact) mass is 624 g/mol. The molecule has 2 aromatic heterocycles. The lowest BCUT2D eigenvalue weighted by molar-refractivity contribution is 0.260. The van der Waals surface area contributed by atoms with Gasteiger partial charge < -0.3 is 14.6 Å². The zero-order valence-corrected chi connectivity index (χ0v) is 26.7. The van der Waals surface area contributed by atoms with Crippen LogP contribution < -0.4 is 10.1 Å². The molecule has 226 valence electrons. The number of nitrogens with one attached hydrogen (secondary N) is 1. The van der Waals surface area contributed by atoms with E-state index in [1.54, 1.807) is 11.3 Å². The molecule has 0 saturated heterocycles. The van der Waals surface area contributed by atoms with Crippen LogP contribution in [-0.2, 0) is 6.42 Å². The molecule has 0 bridgehead atoms. The van der Waals surface area contributed by atoms with Crippen molar-refractivity contribution in [3.8, 4) is 22.6 Å². The Morgan fingerprint density at radius 3 is 2.51 bits per heavy atom. The van der Waals surface area contributed by atoms with E-state index in [0.29, 0.717) is 0 Å². The molecule has 0 fully saturated rings. The number of benzene rings is 5.